The normalized spacial score (nSPS) is 13.4. The zero-order valence-electron chi connectivity index (χ0n) is 7.70. The highest BCUT2D eigenvalue weighted by Gasteiger charge is 2.15. The number of primary amides is 1. The molecule has 0 radical (unpaired) electrons. The van der Waals surface area contributed by atoms with Crippen LogP contribution in [0, 0.1) is 0 Å². The Morgan fingerprint density at radius 2 is 2.07 bits per heavy atom. The van der Waals surface area contributed by atoms with Gasteiger partial charge in [0, 0.05) is 10.5 Å². The topological polar surface area (TPSA) is 61.6 Å². The van der Waals surface area contributed by atoms with Crippen LogP contribution in [0.4, 0.5) is 0 Å². The maximum atomic E-state index is 10.6. The number of fused-ring (bicyclic) bond motifs is 1. The minimum Gasteiger partial charge on any atom is -0.454 e. The molecule has 0 atom stereocenters. The fraction of sp³-hybridized carbons (Fsp3) is 0.100. The van der Waals surface area contributed by atoms with Crippen LogP contribution in [-0.4, -0.2) is 12.7 Å². The van der Waals surface area contributed by atoms with Crippen LogP contribution in [-0.2, 0) is 4.79 Å². The molecule has 0 saturated carbocycles. The molecule has 0 unspecified atom stereocenters. The van der Waals surface area contributed by atoms with Crippen molar-refractivity contribution in [1.29, 1.82) is 0 Å². The van der Waals surface area contributed by atoms with Crippen LogP contribution in [0.1, 0.15) is 5.56 Å². The van der Waals surface area contributed by atoms with Gasteiger partial charge < -0.3 is 15.2 Å². The van der Waals surface area contributed by atoms with Gasteiger partial charge in [-0.2, -0.15) is 0 Å². The molecule has 1 aliphatic rings. The number of halogens is 1. The fourth-order valence-electron chi connectivity index (χ4n) is 1.23. The molecular formula is C10H8BrNO3. The Labute approximate surface area is 94.8 Å². The van der Waals surface area contributed by atoms with E-state index in [9.17, 15) is 4.79 Å². The molecule has 2 rings (SSSR count). The van der Waals surface area contributed by atoms with E-state index in [-0.39, 0.29) is 6.79 Å². The van der Waals surface area contributed by atoms with Gasteiger partial charge in [-0.25, -0.2) is 0 Å². The second-order valence-electron chi connectivity index (χ2n) is 2.96. The van der Waals surface area contributed by atoms with Gasteiger partial charge in [0.15, 0.2) is 11.5 Å². The summed E-state index contributed by atoms with van der Waals surface area (Å²) in [4.78, 5) is 10.6. The summed E-state index contributed by atoms with van der Waals surface area (Å²) in [5.74, 6) is 0.875. The van der Waals surface area contributed by atoms with Crippen LogP contribution in [0.25, 0.3) is 6.08 Å². The second kappa shape index (κ2) is 3.94. The molecule has 0 aromatic heterocycles. The Bertz CT molecular complexity index is 443. The molecule has 2 N–H and O–H groups in total. The zero-order chi connectivity index (χ0) is 10.8. The number of rotatable bonds is 2. The Kier molecular flexibility index (Phi) is 2.64. The number of carbonyl (C=O) groups excluding carboxylic acids is 1. The molecule has 1 aromatic carbocycles. The fourth-order valence-corrected chi connectivity index (χ4v) is 1.69. The first kappa shape index (κ1) is 10.0. The Morgan fingerprint density at radius 3 is 2.73 bits per heavy atom. The predicted octanol–water partition coefficient (Wildman–Crippen LogP) is 1.68. The maximum Gasteiger partial charge on any atom is 0.241 e. The number of hydrogen-bond donors (Lipinski definition) is 1. The van der Waals surface area contributed by atoms with Gasteiger partial charge in [0.2, 0.25) is 12.7 Å². The highest BCUT2D eigenvalue weighted by Crippen LogP contribution is 2.37. The molecule has 0 fully saturated rings. The number of benzene rings is 1. The van der Waals surface area contributed by atoms with Gasteiger partial charge in [0.1, 0.15) is 0 Å². The number of nitrogens with two attached hydrogens (primary N) is 1. The van der Waals surface area contributed by atoms with E-state index in [1.807, 2.05) is 0 Å². The first-order chi connectivity index (χ1) is 7.16. The van der Waals surface area contributed by atoms with E-state index < -0.39 is 5.91 Å². The van der Waals surface area contributed by atoms with Crippen LogP contribution in [0.15, 0.2) is 22.7 Å². The summed E-state index contributed by atoms with van der Waals surface area (Å²) in [5, 5.41) is 0. The van der Waals surface area contributed by atoms with Crippen LogP contribution in [0.3, 0.4) is 0 Å². The van der Waals surface area contributed by atoms with E-state index in [0.29, 0.717) is 11.5 Å². The van der Waals surface area contributed by atoms with E-state index in [4.69, 9.17) is 15.2 Å². The Morgan fingerprint density at radius 1 is 1.40 bits per heavy atom. The van der Waals surface area contributed by atoms with Gasteiger partial charge in [-0.05, 0) is 23.8 Å². The molecule has 1 aromatic rings. The molecule has 4 nitrogen and oxygen atoms in total. The third-order valence-corrected chi connectivity index (χ3v) is 2.61. The first-order valence-electron chi connectivity index (χ1n) is 4.23. The molecule has 78 valence electrons. The smallest absolute Gasteiger partial charge is 0.241 e. The lowest BCUT2D eigenvalue weighted by molar-refractivity contribution is -0.113. The van der Waals surface area contributed by atoms with Crippen molar-refractivity contribution in [3.63, 3.8) is 0 Å². The van der Waals surface area contributed by atoms with Crippen molar-refractivity contribution in [2.75, 3.05) is 6.79 Å². The monoisotopic (exact) mass is 269 g/mol. The van der Waals surface area contributed by atoms with Gasteiger partial charge >= 0.3 is 0 Å². The predicted molar refractivity (Wildman–Crippen MR) is 58.5 cm³/mol. The second-order valence-corrected chi connectivity index (χ2v) is 3.82. The lowest BCUT2D eigenvalue weighted by Gasteiger charge is -2.01. The first-order valence-corrected chi connectivity index (χ1v) is 5.03. The SMILES string of the molecule is NC(=O)/C=C/c1cc2c(cc1Br)OCO2. The standard InChI is InChI=1S/C10H8BrNO3/c11-7-4-9-8(14-5-15-9)3-6(7)1-2-10(12)13/h1-4H,5H2,(H2,12,13)/b2-1+. The minimum atomic E-state index is -0.487. The van der Waals surface area contributed by atoms with Crippen molar-refractivity contribution >= 4 is 27.9 Å². The third kappa shape index (κ3) is 2.12. The molecule has 0 bridgehead atoms. The van der Waals surface area contributed by atoms with E-state index in [2.05, 4.69) is 15.9 Å². The number of ether oxygens (including phenoxy) is 2. The van der Waals surface area contributed by atoms with Gasteiger partial charge in [-0.1, -0.05) is 15.9 Å². The third-order valence-electron chi connectivity index (χ3n) is 1.92. The van der Waals surface area contributed by atoms with Gasteiger partial charge in [0.25, 0.3) is 0 Å². The van der Waals surface area contributed by atoms with Crippen LogP contribution in [0.2, 0.25) is 0 Å². The lowest BCUT2D eigenvalue weighted by Crippen LogP contribution is -2.05. The molecule has 1 aliphatic heterocycles. The summed E-state index contributed by atoms with van der Waals surface area (Å²) in [6.45, 7) is 0.227. The van der Waals surface area contributed by atoms with Crippen molar-refractivity contribution < 1.29 is 14.3 Å². The van der Waals surface area contributed by atoms with E-state index in [1.54, 1.807) is 18.2 Å². The van der Waals surface area contributed by atoms with Crippen molar-refractivity contribution in [2.45, 2.75) is 0 Å². The number of hydrogen-bond acceptors (Lipinski definition) is 3. The average molecular weight is 270 g/mol. The van der Waals surface area contributed by atoms with Crippen molar-refractivity contribution in [1.82, 2.24) is 0 Å². The summed E-state index contributed by atoms with van der Waals surface area (Å²) in [6.07, 6.45) is 2.91. The zero-order valence-corrected chi connectivity index (χ0v) is 9.28. The van der Waals surface area contributed by atoms with Gasteiger partial charge in [-0.3, -0.25) is 4.79 Å². The highest BCUT2D eigenvalue weighted by atomic mass is 79.9. The minimum absolute atomic E-state index is 0.227. The summed E-state index contributed by atoms with van der Waals surface area (Å²) < 4.78 is 11.2. The summed E-state index contributed by atoms with van der Waals surface area (Å²) in [6, 6.07) is 3.58. The van der Waals surface area contributed by atoms with Crippen molar-refractivity contribution in [3.8, 4) is 11.5 Å². The largest absolute Gasteiger partial charge is 0.454 e. The van der Waals surface area contributed by atoms with Gasteiger partial charge in [0.05, 0.1) is 0 Å². The summed E-state index contributed by atoms with van der Waals surface area (Å²) in [5.41, 5.74) is 5.82. The van der Waals surface area contributed by atoms with Crippen LogP contribution >= 0.6 is 15.9 Å². The highest BCUT2D eigenvalue weighted by molar-refractivity contribution is 9.10. The lowest BCUT2D eigenvalue weighted by atomic mass is 10.2. The number of amides is 1. The van der Waals surface area contributed by atoms with Crippen molar-refractivity contribution in [3.05, 3.63) is 28.2 Å². The summed E-state index contributed by atoms with van der Waals surface area (Å²) >= 11 is 3.36. The summed E-state index contributed by atoms with van der Waals surface area (Å²) in [7, 11) is 0. The van der Waals surface area contributed by atoms with E-state index in [0.717, 1.165) is 10.0 Å². The van der Waals surface area contributed by atoms with E-state index in [1.165, 1.54) is 6.08 Å². The Balaban J connectivity index is 2.36. The molecule has 5 heteroatoms. The number of carbonyl (C=O) groups is 1. The molecule has 1 heterocycles. The quantitative estimate of drug-likeness (QED) is 0.831. The maximum absolute atomic E-state index is 10.6. The molecule has 0 spiro atoms. The molecular weight excluding hydrogens is 262 g/mol. The Hall–Kier alpha value is -1.49. The molecule has 0 saturated heterocycles. The van der Waals surface area contributed by atoms with Crippen molar-refractivity contribution in [2.24, 2.45) is 5.73 Å². The molecule has 0 aliphatic carbocycles. The molecule has 1 amide bonds. The van der Waals surface area contributed by atoms with Gasteiger partial charge in [-0.15, -0.1) is 0 Å². The molecule has 15 heavy (non-hydrogen) atoms. The average Bonchev–Trinajstić information content (AvgIpc) is 2.60. The van der Waals surface area contributed by atoms with E-state index >= 15 is 0 Å². The van der Waals surface area contributed by atoms with Crippen LogP contribution < -0.4 is 15.2 Å². The van der Waals surface area contributed by atoms with Crippen LogP contribution in [0.5, 0.6) is 11.5 Å².